The van der Waals surface area contributed by atoms with Gasteiger partial charge in [-0.2, -0.15) is 0 Å². The monoisotopic (exact) mass is 342 g/mol. The van der Waals surface area contributed by atoms with Crippen LogP contribution in [-0.2, 0) is 0 Å². The van der Waals surface area contributed by atoms with E-state index in [1.165, 1.54) is 0 Å². The van der Waals surface area contributed by atoms with Crippen LogP contribution >= 0.6 is 11.3 Å². The number of benzene rings is 1. The van der Waals surface area contributed by atoms with Crippen molar-refractivity contribution in [1.82, 2.24) is 10.3 Å². The van der Waals surface area contributed by atoms with Gasteiger partial charge in [0.15, 0.2) is 0 Å². The Balaban J connectivity index is 2.00. The lowest BCUT2D eigenvalue weighted by Crippen LogP contribution is -2.27. The molecule has 4 nitrogen and oxygen atoms in total. The molecule has 5 heteroatoms. The fraction of sp³-hybridized carbons (Fsp3) is 0.368. The highest BCUT2D eigenvalue weighted by Gasteiger charge is 2.12. The first-order valence-corrected chi connectivity index (χ1v) is 8.68. The van der Waals surface area contributed by atoms with Crippen LogP contribution in [0.5, 0.6) is 0 Å². The van der Waals surface area contributed by atoms with Crippen molar-refractivity contribution >= 4 is 17.2 Å². The summed E-state index contributed by atoms with van der Waals surface area (Å²) >= 11 is 1.61. The first-order chi connectivity index (χ1) is 11.2. The lowest BCUT2D eigenvalue weighted by molar-refractivity contribution is 0.0951. The van der Waals surface area contributed by atoms with E-state index in [-0.39, 0.29) is 11.8 Å². The third-order valence-corrected chi connectivity index (χ3v) is 4.46. The highest BCUT2D eigenvalue weighted by molar-refractivity contribution is 7.09. The van der Waals surface area contributed by atoms with E-state index < -0.39 is 5.60 Å². The molecule has 2 rings (SSSR count). The number of rotatable bonds is 4. The minimum absolute atomic E-state index is 0.137. The number of carbonyl (C=O) groups is 1. The van der Waals surface area contributed by atoms with E-state index in [0.717, 1.165) is 10.7 Å². The Hall–Kier alpha value is -2.16. The maximum absolute atomic E-state index is 12.3. The van der Waals surface area contributed by atoms with E-state index in [2.05, 4.69) is 22.1 Å². The molecule has 1 atom stereocenters. The normalized spacial score (nSPS) is 12.2. The van der Waals surface area contributed by atoms with Crippen LogP contribution in [-0.4, -0.2) is 28.1 Å². The van der Waals surface area contributed by atoms with Gasteiger partial charge in [0, 0.05) is 34.7 Å². The van der Waals surface area contributed by atoms with Gasteiger partial charge in [-0.1, -0.05) is 24.8 Å². The van der Waals surface area contributed by atoms with E-state index in [1.54, 1.807) is 43.4 Å². The summed E-state index contributed by atoms with van der Waals surface area (Å²) in [7, 11) is 0. The molecule has 1 amide bonds. The second-order valence-electron chi connectivity index (χ2n) is 6.33. The van der Waals surface area contributed by atoms with Crippen molar-refractivity contribution in [3.05, 3.63) is 51.5 Å². The number of amides is 1. The van der Waals surface area contributed by atoms with Crippen molar-refractivity contribution in [1.29, 1.82) is 0 Å². The lowest BCUT2D eigenvalue weighted by Gasteiger charge is -2.10. The Morgan fingerprint density at radius 3 is 2.83 bits per heavy atom. The van der Waals surface area contributed by atoms with Gasteiger partial charge in [0.1, 0.15) is 5.60 Å². The van der Waals surface area contributed by atoms with Crippen molar-refractivity contribution < 1.29 is 9.90 Å². The molecule has 0 spiro atoms. The van der Waals surface area contributed by atoms with Crippen LogP contribution in [0.15, 0.2) is 29.6 Å². The fourth-order valence-electron chi connectivity index (χ4n) is 2.00. The smallest absolute Gasteiger partial charge is 0.251 e. The summed E-state index contributed by atoms with van der Waals surface area (Å²) in [5.74, 6) is 5.67. The van der Waals surface area contributed by atoms with E-state index >= 15 is 0 Å². The Morgan fingerprint density at radius 2 is 2.21 bits per heavy atom. The third-order valence-electron chi connectivity index (χ3n) is 3.26. The molecule has 24 heavy (non-hydrogen) atoms. The van der Waals surface area contributed by atoms with Gasteiger partial charge < -0.3 is 10.4 Å². The number of aryl methyl sites for hydroxylation is 1. The number of hydrogen-bond donors (Lipinski definition) is 2. The molecule has 0 unspecified atom stereocenters. The van der Waals surface area contributed by atoms with E-state index in [9.17, 15) is 9.90 Å². The Labute approximate surface area is 147 Å². The first-order valence-electron chi connectivity index (χ1n) is 7.80. The van der Waals surface area contributed by atoms with Gasteiger partial charge in [0.25, 0.3) is 5.91 Å². The number of hydrogen-bond acceptors (Lipinski definition) is 4. The zero-order valence-corrected chi connectivity index (χ0v) is 15.2. The first kappa shape index (κ1) is 18.2. The summed E-state index contributed by atoms with van der Waals surface area (Å²) < 4.78 is 0. The van der Waals surface area contributed by atoms with E-state index in [1.807, 2.05) is 25.3 Å². The number of carbonyl (C=O) groups excluding carboxylic acids is 1. The molecule has 0 aliphatic carbocycles. The lowest BCUT2D eigenvalue weighted by atomic mass is 10.1. The SMILES string of the molecule is Cc1csc([C@H](C)CNC(=O)c2cccc(C#CC(C)(C)O)c2)n1. The Bertz CT molecular complexity index is 778. The molecule has 0 bridgehead atoms. The van der Waals surface area contributed by atoms with Crippen molar-refractivity contribution in [2.45, 2.75) is 39.2 Å². The molecule has 0 saturated carbocycles. The molecule has 0 aliphatic heterocycles. The van der Waals surface area contributed by atoms with Crippen molar-refractivity contribution in [3.63, 3.8) is 0 Å². The minimum Gasteiger partial charge on any atom is -0.378 e. The van der Waals surface area contributed by atoms with Gasteiger partial charge in [-0.25, -0.2) is 4.98 Å². The second-order valence-corrected chi connectivity index (χ2v) is 7.22. The summed E-state index contributed by atoms with van der Waals surface area (Å²) in [6.45, 7) is 7.79. The molecular formula is C19H22N2O2S. The molecular weight excluding hydrogens is 320 g/mol. The zero-order chi connectivity index (χ0) is 17.7. The van der Waals surface area contributed by atoms with Crippen LogP contribution in [0.2, 0.25) is 0 Å². The highest BCUT2D eigenvalue weighted by Crippen LogP contribution is 2.19. The highest BCUT2D eigenvalue weighted by atomic mass is 32.1. The number of aliphatic hydroxyl groups is 1. The Kier molecular flexibility index (Phi) is 5.76. The fourth-order valence-corrected chi connectivity index (χ4v) is 2.85. The van der Waals surface area contributed by atoms with Gasteiger partial charge in [0.05, 0.1) is 5.01 Å². The van der Waals surface area contributed by atoms with E-state index in [0.29, 0.717) is 17.7 Å². The molecule has 1 aromatic heterocycles. The standard InChI is InChI=1S/C19H22N2O2S/c1-13(18-21-14(2)12-24-18)11-20-17(22)16-7-5-6-15(10-16)8-9-19(3,4)23/h5-7,10,12-13,23H,11H2,1-4H3,(H,20,22)/t13-/m1/s1. The molecule has 2 N–H and O–H groups in total. The van der Waals surface area contributed by atoms with Crippen LogP contribution < -0.4 is 5.32 Å². The average molecular weight is 342 g/mol. The minimum atomic E-state index is -1.06. The van der Waals surface area contributed by atoms with Crippen molar-refractivity contribution in [2.24, 2.45) is 0 Å². The predicted octanol–water partition coefficient (Wildman–Crippen LogP) is 3.11. The van der Waals surface area contributed by atoms with Crippen LogP contribution in [0.3, 0.4) is 0 Å². The summed E-state index contributed by atoms with van der Waals surface area (Å²) in [5.41, 5.74) is 1.21. The van der Waals surface area contributed by atoms with Crippen LogP contribution in [0.4, 0.5) is 0 Å². The largest absolute Gasteiger partial charge is 0.378 e. The van der Waals surface area contributed by atoms with E-state index in [4.69, 9.17) is 0 Å². The van der Waals surface area contributed by atoms with Gasteiger partial charge in [-0.15, -0.1) is 11.3 Å². The topological polar surface area (TPSA) is 62.2 Å². The molecule has 0 aliphatic rings. The maximum atomic E-state index is 12.3. The molecule has 126 valence electrons. The molecule has 2 aromatic rings. The van der Waals surface area contributed by atoms with Crippen molar-refractivity contribution in [3.8, 4) is 11.8 Å². The van der Waals surface area contributed by atoms with Gasteiger partial charge in [-0.3, -0.25) is 4.79 Å². The number of aromatic nitrogens is 1. The molecule has 1 aromatic carbocycles. The number of nitrogens with zero attached hydrogens (tertiary/aromatic N) is 1. The number of thiazole rings is 1. The van der Waals surface area contributed by atoms with Gasteiger partial charge >= 0.3 is 0 Å². The van der Waals surface area contributed by atoms with Crippen LogP contribution in [0.25, 0.3) is 0 Å². The molecule has 1 heterocycles. The summed E-state index contributed by atoms with van der Waals surface area (Å²) in [6, 6.07) is 7.09. The molecule has 0 fully saturated rings. The zero-order valence-electron chi connectivity index (χ0n) is 14.4. The van der Waals surface area contributed by atoms with Gasteiger partial charge in [0.2, 0.25) is 0 Å². The molecule has 0 saturated heterocycles. The number of nitrogens with one attached hydrogen (secondary N) is 1. The Morgan fingerprint density at radius 1 is 1.46 bits per heavy atom. The van der Waals surface area contributed by atoms with Crippen LogP contribution in [0, 0.1) is 18.8 Å². The molecule has 0 radical (unpaired) electrons. The maximum Gasteiger partial charge on any atom is 0.251 e. The predicted molar refractivity (Wildman–Crippen MR) is 97.2 cm³/mol. The van der Waals surface area contributed by atoms with Crippen molar-refractivity contribution in [2.75, 3.05) is 6.54 Å². The summed E-state index contributed by atoms with van der Waals surface area (Å²) in [5, 5.41) is 15.6. The average Bonchev–Trinajstić information content (AvgIpc) is 2.96. The summed E-state index contributed by atoms with van der Waals surface area (Å²) in [4.78, 5) is 16.8. The second kappa shape index (κ2) is 7.61. The van der Waals surface area contributed by atoms with Crippen LogP contribution in [0.1, 0.15) is 53.3 Å². The third kappa shape index (κ3) is 5.48. The quantitative estimate of drug-likeness (QED) is 0.839. The van der Waals surface area contributed by atoms with Gasteiger partial charge in [-0.05, 0) is 39.0 Å². The summed E-state index contributed by atoms with van der Waals surface area (Å²) in [6.07, 6.45) is 0.